The van der Waals surface area contributed by atoms with Crippen molar-refractivity contribution >= 4 is 17.7 Å². The van der Waals surface area contributed by atoms with E-state index in [9.17, 15) is 4.79 Å². The van der Waals surface area contributed by atoms with Gasteiger partial charge in [0, 0.05) is 0 Å². The number of methoxy groups -OCH3 is 1. The van der Waals surface area contributed by atoms with Gasteiger partial charge >= 0.3 is 0 Å². The Labute approximate surface area is 120 Å². The first-order valence-electron chi connectivity index (χ1n) is 5.92. The van der Waals surface area contributed by atoms with Crippen LogP contribution >= 0.6 is 11.8 Å². The Morgan fingerprint density at radius 1 is 1.50 bits per heavy atom. The minimum Gasteiger partial charge on any atom is -0.494 e. The Kier molecular flexibility index (Phi) is 4.23. The minimum absolute atomic E-state index is 0.416. The fourth-order valence-electron chi connectivity index (χ4n) is 1.59. The summed E-state index contributed by atoms with van der Waals surface area (Å²) in [7, 11) is 1.58. The van der Waals surface area contributed by atoms with Gasteiger partial charge in [0.05, 0.1) is 12.4 Å². The Morgan fingerprint density at radius 3 is 2.90 bits per heavy atom. The zero-order valence-electron chi connectivity index (χ0n) is 11.4. The maximum Gasteiger partial charge on any atom is 0.230 e. The van der Waals surface area contributed by atoms with E-state index in [-0.39, 0.29) is 0 Å². The smallest absolute Gasteiger partial charge is 0.230 e. The summed E-state index contributed by atoms with van der Waals surface area (Å²) in [5.41, 5.74) is 7.03. The SMILES string of the molecule is COc1ccc(C)cc1-n1nnnc1S[C@@H](C)C(N)=O. The number of hydrogen-bond acceptors (Lipinski definition) is 6. The first-order chi connectivity index (χ1) is 9.52. The second-order valence-corrected chi connectivity index (χ2v) is 5.52. The molecule has 1 amide bonds. The van der Waals surface area contributed by atoms with E-state index in [0.717, 1.165) is 11.3 Å². The van der Waals surface area contributed by atoms with Crippen LogP contribution in [0.5, 0.6) is 5.75 Å². The Hall–Kier alpha value is -2.09. The number of carbonyl (C=O) groups is 1. The fraction of sp³-hybridized carbons (Fsp3) is 0.333. The molecule has 0 unspecified atom stereocenters. The number of primary amides is 1. The molecule has 0 radical (unpaired) electrons. The highest BCUT2D eigenvalue weighted by atomic mass is 32.2. The van der Waals surface area contributed by atoms with Crippen LogP contribution in [0.15, 0.2) is 23.4 Å². The molecule has 0 aliphatic rings. The van der Waals surface area contributed by atoms with E-state index in [1.54, 1.807) is 14.0 Å². The first kappa shape index (κ1) is 14.3. The largest absolute Gasteiger partial charge is 0.494 e. The van der Waals surface area contributed by atoms with Gasteiger partial charge in [-0.15, -0.1) is 5.10 Å². The van der Waals surface area contributed by atoms with Crippen LogP contribution in [0.1, 0.15) is 12.5 Å². The molecule has 1 heterocycles. The topological polar surface area (TPSA) is 95.9 Å². The molecule has 0 fully saturated rings. The van der Waals surface area contributed by atoms with Gasteiger partial charge in [-0.3, -0.25) is 4.79 Å². The Morgan fingerprint density at radius 2 is 2.25 bits per heavy atom. The van der Waals surface area contributed by atoms with Crippen molar-refractivity contribution in [1.82, 2.24) is 20.2 Å². The number of thioether (sulfide) groups is 1. The molecule has 7 nitrogen and oxygen atoms in total. The van der Waals surface area contributed by atoms with Crippen molar-refractivity contribution in [3.05, 3.63) is 23.8 Å². The summed E-state index contributed by atoms with van der Waals surface area (Å²) >= 11 is 1.20. The van der Waals surface area contributed by atoms with Gasteiger partial charge < -0.3 is 10.5 Å². The third kappa shape index (κ3) is 2.90. The highest BCUT2D eigenvalue weighted by Gasteiger charge is 2.18. The standard InChI is InChI=1S/C12H15N5O2S/c1-7-4-5-10(19-3)9(6-7)17-12(14-15-16-17)20-8(2)11(13)18/h4-6,8H,1-3H3,(H2,13,18)/t8-/m0/s1. The fourth-order valence-corrected chi connectivity index (χ4v) is 2.34. The number of aryl methyl sites for hydroxylation is 1. The predicted octanol–water partition coefficient (Wildman–Crippen LogP) is 0.945. The molecule has 2 aromatic rings. The summed E-state index contributed by atoms with van der Waals surface area (Å²) in [6.45, 7) is 3.67. The maximum atomic E-state index is 11.1. The monoisotopic (exact) mass is 293 g/mol. The van der Waals surface area contributed by atoms with Crippen molar-refractivity contribution in [2.45, 2.75) is 24.3 Å². The van der Waals surface area contributed by atoms with Crippen molar-refractivity contribution < 1.29 is 9.53 Å². The summed E-state index contributed by atoms with van der Waals surface area (Å²) in [6, 6.07) is 5.69. The lowest BCUT2D eigenvalue weighted by atomic mass is 10.2. The molecule has 0 aliphatic heterocycles. The molecule has 106 valence electrons. The second kappa shape index (κ2) is 5.91. The highest BCUT2D eigenvalue weighted by Crippen LogP contribution is 2.28. The number of carbonyl (C=O) groups excluding carboxylic acids is 1. The number of amides is 1. The molecule has 0 spiro atoms. The van der Waals surface area contributed by atoms with E-state index >= 15 is 0 Å². The van der Waals surface area contributed by atoms with E-state index in [0.29, 0.717) is 10.9 Å². The number of tetrazole rings is 1. The van der Waals surface area contributed by atoms with Gasteiger partial charge in [-0.1, -0.05) is 17.8 Å². The molecule has 20 heavy (non-hydrogen) atoms. The lowest BCUT2D eigenvalue weighted by Crippen LogP contribution is -2.23. The lowest BCUT2D eigenvalue weighted by molar-refractivity contribution is -0.117. The third-order valence-corrected chi connectivity index (χ3v) is 3.74. The zero-order valence-corrected chi connectivity index (χ0v) is 12.2. The van der Waals surface area contributed by atoms with Crippen LogP contribution in [0.3, 0.4) is 0 Å². The molecule has 8 heteroatoms. The van der Waals surface area contributed by atoms with Crippen molar-refractivity contribution in [2.75, 3.05) is 7.11 Å². The third-order valence-electron chi connectivity index (χ3n) is 2.69. The molecule has 2 rings (SSSR count). The van der Waals surface area contributed by atoms with Crippen molar-refractivity contribution in [2.24, 2.45) is 5.73 Å². The number of benzene rings is 1. The molecule has 1 aromatic carbocycles. The van der Waals surface area contributed by atoms with E-state index in [2.05, 4.69) is 15.5 Å². The first-order valence-corrected chi connectivity index (χ1v) is 6.80. The summed E-state index contributed by atoms with van der Waals surface area (Å²) < 4.78 is 6.85. The van der Waals surface area contributed by atoms with Gasteiger partial charge in [0.1, 0.15) is 11.4 Å². The molecule has 0 saturated carbocycles. The van der Waals surface area contributed by atoms with Crippen LogP contribution in [-0.2, 0) is 4.79 Å². The number of nitrogens with two attached hydrogens (primary N) is 1. The maximum absolute atomic E-state index is 11.1. The number of nitrogens with zero attached hydrogens (tertiary/aromatic N) is 4. The van der Waals surface area contributed by atoms with E-state index in [1.807, 2.05) is 25.1 Å². The van der Waals surface area contributed by atoms with Gasteiger partial charge in [-0.05, 0) is 42.0 Å². The van der Waals surface area contributed by atoms with Gasteiger partial charge in [-0.2, -0.15) is 4.68 Å². The molecular formula is C12H15N5O2S. The number of hydrogen-bond donors (Lipinski definition) is 1. The van der Waals surface area contributed by atoms with Crippen LogP contribution < -0.4 is 10.5 Å². The molecule has 1 aromatic heterocycles. The summed E-state index contributed by atoms with van der Waals surface area (Å²) in [5, 5.41) is 11.6. The Bertz CT molecular complexity index is 628. The molecule has 1 atom stereocenters. The van der Waals surface area contributed by atoms with Crippen molar-refractivity contribution in [1.29, 1.82) is 0 Å². The number of ether oxygens (including phenoxy) is 1. The van der Waals surface area contributed by atoms with Crippen LogP contribution in [0.2, 0.25) is 0 Å². The zero-order chi connectivity index (χ0) is 14.7. The molecular weight excluding hydrogens is 278 g/mol. The van der Waals surface area contributed by atoms with E-state index in [1.165, 1.54) is 16.4 Å². The normalized spacial score (nSPS) is 12.2. The highest BCUT2D eigenvalue weighted by molar-refractivity contribution is 8.00. The summed E-state index contributed by atoms with van der Waals surface area (Å²) in [5.74, 6) is 0.234. The van der Waals surface area contributed by atoms with Crippen LogP contribution in [0.25, 0.3) is 5.69 Å². The van der Waals surface area contributed by atoms with Gasteiger partial charge in [0.25, 0.3) is 0 Å². The van der Waals surface area contributed by atoms with E-state index < -0.39 is 11.2 Å². The van der Waals surface area contributed by atoms with Crippen LogP contribution in [0.4, 0.5) is 0 Å². The molecule has 2 N–H and O–H groups in total. The second-order valence-electron chi connectivity index (χ2n) is 4.21. The van der Waals surface area contributed by atoms with Gasteiger partial charge in [-0.25, -0.2) is 0 Å². The van der Waals surface area contributed by atoms with E-state index in [4.69, 9.17) is 10.5 Å². The van der Waals surface area contributed by atoms with Gasteiger partial charge in [0.2, 0.25) is 11.1 Å². The quantitative estimate of drug-likeness (QED) is 0.824. The Balaban J connectivity index is 2.41. The number of rotatable bonds is 5. The summed E-state index contributed by atoms with van der Waals surface area (Å²) in [6.07, 6.45) is 0. The molecule has 0 saturated heterocycles. The van der Waals surface area contributed by atoms with Gasteiger partial charge in [0.15, 0.2) is 0 Å². The minimum atomic E-state index is -0.421. The average molecular weight is 293 g/mol. The molecule has 0 aliphatic carbocycles. The number of aromatic nitrogens is 4. The predicted molar refractivity (Wildman–Crippen MR) is 75.0 cm³/mol. The van der Waals surface area contributed by atoms with Crippen molar-refractivity contribution in [3.8, 4) is 11.4 Å². The summed E-state index contributed by atoms with van der Waals surface area (Å²) in [4.78, 5) is 11.1. The average Bonchev–Trinajstić information content (AvgIpc) is 2.86. The van der Waals surface area contributed by atoms with Crippen LogP contribution in [0, 0.1) is 6.92 Å². The molecule has 0 bridgehead atoms. The lowest BCUT2D eigenvalue weighted by Gasteiger charge is -2.11. The van der Waals surface area contributed by atoms with Crippen molar-refractivity contribution in [3.63, 3.8) is 0 Å². The van der Waals surface area contributed by atoms with Crippen LogP contribution in [-0.4, -0.2) is 38.5 Å².